The molecule has 0 N–H and O–H groups in total. The molecule has 0 saturated carbocycles. The zero-order valence-electron chi connectivity index (χ0n) is 15.9. The van der Waals surface area contributed by atoms with Crippen LogP contribution >= 0.6 is 11.6 Å². The Hall–Kier alpha value is -2.44. The number of nitrogens with zero attached hydrogens (tertiary/aromatic N) is 2. The Morgan fingerprint density at radius 2 is 2.00 bits per heavy atom. The van der Waals surface area contributed by atoms with Crippen molar-refractivity contribution in [3.63, 3.8) is 0 Å². The molecule has 0 aliphatic rings. The highest BCUT2D eigenvalue weighted by atomic mass is 35.5. The summed E-state index contributed by atoms with van der Waals surface area (Å²) < 4.78 is 0. The van der Waals surface area contributed by atoms with Gasteiger partial charge in [-0.05, 0) is 49.6 Å². The standard InChI is InChI=1S/C22H25ClN2O/c1-6-15(3)8-9-20(25-5)11-17(7-2)12-21(26)22-16(4)10-19(23)13-18(22)14-24/h8-10,12-13H,3,6-7,11H2,1-2,4-5H3/b9-8-,17-12-,25-20+. The van der Waals surface area contributed by atoms with Crippen LogP contribution in [0.3, 0.4) is 0 Å². The molecule has 0 amide bonds. The first-order valence-electron chi connectivity index (χ1n) is 8.61. The Labute approximate surface area is 161 Å². The van der Waals surface area contributed by atoms with Gasteiger partial charge in [0, 0.05) is 29.8 Å². The molecule has 1 rings (SSSR count). The Balaban J connectivity index is 3.13. The molecule has 0 heterocycles. The third kappa shape index (κ3) is 6.13. The van der Waals surface area contributed by atoms with Gasteiger partial charge in [-0.15, -0.1) is 0 Å². The number of benzene rings is 1. The molecular formula is C22H25ClN2O. The Kier molecular flexibility index (Phi) is 8.75. The van der Waals surface area contributed by atoms with Gasteiger partial charge < -0.3 is 0 Å². The fourth-order valence-corrected chi connectivity index (χ4v) is 2.74. The monoisotopic (exact) mass is 368 g/mol. The number of halogens is 1. The number of aryl methyl sites for hydroxylation is 1. The predicted octanol–water partition coefficient (Wildman–Crippen LogP) is 6.02. The van der Waals surface area contributed by atoms with Crippen molar-refractivity contribution in [3.8, 4) is 6.07 Å². The van der Waals surface area contributed by atoms with Gasteiger partial charge in [-0.1, -0.05) is 49.2 Å². The Morgan fingerprint density at radius 3 is 2.54 bits per heavy atom. The summed E-state index contributed by atoms with van der Waals surface area (Å²) in [7, 11) is 1.74. The van der Waals surface area contributed by atoms with Gasteiger partial charge in [-0.25, -0.2) is 0 Å². The number of allylic oxidation sites excluding steroid dienone is 5. The highest BCUT2D eigenvalue weighted by molar-refractivity contribution is 6.31. The zero-order chi connectivity index (χ0) is 19.7. The van der Waals surface area contributed by atoms with Gasteiger partial charge in [0.15, 0.2) is 5.78 Å². The number of ketones is 1. The molecule has 0 aliphatic heterocycles. The van der Waals surface area contributed by atoms with Crippen molar-refractivity contribution in [2.75, 3.05) is 7.05 Å². The van der Waals surface area contributed by atoms with Crippen molar-refractivity contribution in [1.82, 2.24) is 0 Å². The number of hydrogen-bond donors (Lipinski definition) is 0. The molecule has 26 heavy (non-hydrogen) atoms. The van der Waals surface area contributed by atoms with E-state index in [4.69, 9.17) is 11.6 Å². The zero-order valence-corrected chi connectivity index (χ0v) is 16.7. The van der Waals surface area contributed by atoms with Crippen LogP contribution < -0.4 is 0 Å². The van der Waals surface area contributed by atoms with Gasteiger partial charge in [-0.3, -0.25) is 9.79 Å². The molecule has 0 aliphatic carbocycles. The smallest absolute Gasteiger partial charge is 0.187 e. The topological polar surface area (TPSA) is 53.2 Å². The fourth-order valence-electron chi connectivity index (χ4n) is 2.47. The van der Waals surface area contributed by atoms with E-state index in [0.717, 1.165) is 29.7 Å². The van der Waals surface area contributed by atoms with Gasteiger partial charge in [0.2, 0.25) is 0 Å². The van der Waals surface area contributed by atoms with Crippen LogP contribution in [-0.2, 0) is 0 Å². The van der Waals surface area contributed by atoms with Crippen molar-refractivity contribution in [2.24, 2.45) is 4.99 Å². The summed E-state index contributed by atoms with van der Waals surface area (Å²) in [5.74, 6) is -0.176. The lowest BCUT2D eigenvalue weighted by Crippen LogP contribution is -2.05. The third-order valence-electron chi connectivity index (χ3n) is 4.12. The maximum absolute atomic E-state index is 12.8. The van der Waals surface area contributed by atoms with Gasteiger partial charge in [-0.2, -0.15) is 5.26 Å². The summed E-state index contributed by atoms with van der Waals surface area (Å²) in [4.78, 5) is 17.1. The van der Waals surface area contributed by atoms with E-state index in [-0.39, 0.29) is 5.78 Å². The third-order valence-corrected chi connectivity index (χ3v) is 4.34. The number of hydrogen-bond acceptors (Lipinski definition) is 3. The Bertz CT molecular complexity index is 823. The molecular weight excluding hydrogens is 344 g/mol. The molecule has 0 saturated heterocycles. The van der Waals surface area contributed by atoms with Crippen LogP contribution in [0.4, 0.5) is 0 Å². The van der Waals surface area contributed by atoms with E-state index in [2.05, 4.69) is 17.6 Å². The van der Waals surface area contributed by atoms with Crippen LogP contribution in [0, 0.1) is 18.3 Å². The Morgan fingerprint density at radius 1 is 1.31 bits per heavy atom. The van der Waals surface area contributed by atoms with Gasteiger partial charge >= 0.3 is 0 Å². The number of aliphatic imine (C=N–C) groups is 1. The van der Waals surface area contributed by atoms with Crippen LogP contribution in [0.2, 0.25) is 5.02 Å². The molecule has 0 unspecified atom stereocenters. The quantitative estimate of drug-likeness (QED) is 0.244. The summed E-state index contributed by atoms with van der Waals surface area (Å²) in [5.41, 5.74) is 4.28. The van der Waals surface area contributed by atoms with Crippen LogP contribution in [0.5, 0.6) is 0 Å². The molecule has 0 aromatic heterocycles. The maximum Gasteiger partial charge on any atom is 0.187 e. The average Bonchev–Trinajstić information content (AvgIpc) is 2.62. The second-order valence-electron chi connectivity index (χ2n) is 6.01. The molecule has 1 aromatic rings. The molecule has 0 spiro atoms. The maximum atomic E-state index is 12.8. The molecule has 0 fully saturated rings. The fraction of sp³-hybridized carbons (Fsp3) is 0.318. The number of carbonyl (C=O) groups is 1. The van der Waals surface area contributed by atoms with E-state index in [1.807, 2.05) is 26.0 Å². The summed E-state index contributed by atoms with van der Waals surface area (Å²) in [5, 5.41) is 9.77. The molecule has 3 nitrogen and oxygen atoms in total. The summed E-state index contributed by atoms with van der Waals surface area (Å²) in [6.07, 6.45) is 7.70. The second kappa shape index (κ2) is 10.5. The SMILES string of the molecule is C=C(/C=C\C(C/C(=C\C(=O)c1c(C)cc(Cl)cc1C#N)CC)=N/C)CC. The van der Waals surface area contributed by atoms with E-state index in [9.17, 15) is 10.1 Å². The van der Waals surface area contributed by atoms with Crippen molar-refractivity contribution in [1.29, 1.82) is 5.26 Å². The highest BCUT2D eigenvalue weighted by Gasteiger charge is 2.15. The first-order chi connectivity index (χ1) is 12.4. The van der Waals surface area contributed by atoms with Crippen LogP contribution in [0.25, 0.3) is 0 Å². The minimum absolute atomic E-state index is 0.176. The molecule has 0 radical (unpaired) electrons. The lowest BCUT2D eigenvalue weighted by Gasteiger charge is -2.08. The van der Waals surface area contributed by atoms with Crippen molar-refractivity contribution in [3.05, 3.63) is 69.8 Å². The summed E-state index contributed by atoms with van der Waals surface area (Å²) in [6.45, 7) is 9.79. The molecule has 0 atom stereocenters. The summed E-state index contributed by atoms with van der Waals surface area (Å²) >= 11 is 5.99. The highest BCUT2D eigenvalue weighted by Crippen LogP contribution is 2.22. The van der Waals surface area contributed by atoms with Crippen molar-refractivity contribution < 1.29 is 4.79 Å². The lowest BCUT2D eigenvalue weighted by atomic mass is 9.95. The number of nitriles is 1. The summed E-state index contributed by atoms with van der Waals surface area (Å²) in [6, 6.07) is 5.29. The molecule has 4 heteroatoms. The van der Waals surface area contributed by atoms with Crippen molar-refractivity contribution in [2.45, 2.75) is 40.0 Å². The van der Waals surface area contributed by atoms with Gasteiger partial charge in [0.1, 0.15) is 0 Å². The van der Waals surface area contributed by atoms with Crippen LogP contribution in [-0.4, -0.2) is 18.5 Å². The lowest BCUT2D eigenvalue weighted by molar-refractivity contribution is 0.104. The van der Waals surface area contributed by atoms with Crippen LogP contribution in [0.1, 0.15) is 54.6 Å². The first-order valence-corrected chi connectivity index (χ1v) is 8.99. The average molecular weight is 369 g/mol. The first kappa shape index (κ1) is 21.6. The predicted molar refractivity (Wildman–Crippen MR) is 110 cm³/mol. The van der Waals surface area contributed by atoms with Crippen molar-refractivity contribution >= 4 is 23.1 Å². The largest absolute Gasteiger partial charge is 0.293 e. The van der Waals surface area contributed by atoms with Crippen LogP contribution in [0.15, 0.2) is 53.1 Å². The molecule has 1 aromatic carbocycles. The normalized spacial score (nSPS) is 12.3. The minimum atomic E-state index is -0.176. The second-order valence-corrected chi connectivity index (χ2v) is 6.45. The van der Waals surface area contributed by atoms with Gasteiger partial charge in [0.25, 0.3) is 0 Å². The van der Waals surface area contributed by atoms with Gasteiger partial charge in [0.05, 0.1) is 11.6 Å². The van der Waals surface area contributed by atoms with E-state index in [0.29, 0.717) is 28.1 Å². The molecule has 0 bridgehead atoms. The molecule has 136 valence electrons. The van der Waals surface area contributed by atoms with E-state index in [1.54, 1.807) is 26.1 Å². The number of rotatable bonds is 8. The van der Waals surface area contributed by atoms with E-state index >= 15 is 0 Å². The number of carbonyl (C=O) groups excluding carboxylic acids is 1. The van der Waals surface area contributed by atoms with E-state index in [1.165, 1.54) is 6.07 Å². The van der Waals surface area contributed by atoms with E-state index < -0.39 is 0 Å². The minimum Gasteiger partial charge on any atom is -0.293 e.